The predicted octanol–water partition coefficient (Wildman–Crippen LogP) is 2.53. The van der Waals surface area contributed by atoms with Gasteiger partial charge in [-0.05, 0) is 46.1 Å². The molecule has 0 aliphatic carbocycles. The third kappa shape index (κ3) is 5.84. The number of hydrogen-bond donors (Lipinski definition) is 2. The second-order valence-electron chi connectivity index (χ2n) is 9.65. The Bertz CT molecular complexity index is 487. The number of likely N-dealkylation sites (tertiary alicyclic amines) is 1. The fraction of sp³-hybridized carbons (Fsp3) is 0.952. The molecule has 158 valence electrons. The first-order valence-corrected chi connectivity index (χ1v) is 11.3. The molecule has 2 aliphatic heterocycles. The summed E-state index contributed by atoms with van der Waals surface area (Å²) < 4.78 is 0. The molecule has 1 atom stereocenters. The first-order chi connectivity index (χ1) is 12.6. The minimum absolute atomic E-state index is 0.170. The van der Waals surface area contributed by atoms with E-state index in [1.807, 2.05) is 0 Å². The van der Waals surface area contributed by atoms with E-state index < -0.39 is 0 Å². The number of nitrogens with one attached hydrogen (secondary N) is 1. The van der Waals surface area contributed by atoms with Gasteiger partial charge < -0.3 is 5.32 Å². The first-order valence-electron chi connectivity index (χ1n) is 10.8. The van der Waals surface area contributed by atoms with Crippen molar-refractivity contribution in [3.05, 3.63) is 0 Å². The van der Waals surface area contributed by atoms with Crippen molar-refractivity contribution in [3.8, 4) is 0 Å². The van der Waals surface area contributed by atoms with E-state index in [2.05, 4.69) is 74.2 Å². The minimum Gasteiger partial charge on any atom is -0.355 e. The summed E-state index contributed by atoms with van der Waals surface area (Å²) in [7, 11) is 0. The summed E-state index contributed by atoms with van der Waals surface area (Å²) in [6, 6.07) is 0. The molecule has 2 rings (SSSR count). The molecule has 1 N–H and O–H groups in total. The summed E-state index contributed by atoms with van der Waals surface area (Å²) in [5, 5.41) is 3.51. The Morgan fingerprint density at radius 3 is 2.22 bits per heavy atom. The van der Waals surface area contributed by atoms with E-state index in [1.165, 1.54) is 0 Å². The highest BCUT2D eigenvalue weighted by atomic mass is 32.1. The van der Waals surface area contributed by atoms with Gasteiger partial charge in [0.15, 0.2) is 0 Å². The van der Waals surface area contributed by atoms with Crippen LogP contribution in [0.5, 0.6) is 0 Å². The van der Waals surface area contributed by atoms with Gasteiger partial charge in [-0.3, -0.25) is 19.5 Å². The molecule has 0 spiro atoms. The van der Waals surface area contributed by atoms with Gasteiger partial charge in [0.05, 0.1) is 5.41 Å². The van der Waals surface area contributed by atoms with Gasteiger partial charge >= 0.3 is 0 Å². The molecule has 0 aromatic rings. The zero-order valence-corrected chi connectivity index (χ0v) is 19.3. The lowest BCUT2D eigenvalue weighted by Crippen LogP contribution is -2.62. The topological polar surface area (TPSA) is 38.8 Å². The highest BCUT2D eigenvalue weighted by Gasteiger charge is 2.44. The molecule has 0 radical (unpaired) electrons. The van der Waals surface area contributed by atoms with Crippen molar-refractivity contribution in [3.63, 3.8) is 0 Å². The molecule has 0 aromatic heterocycles. The lowest BCUT2D eigenvalue weighted by Gasteiger charge is -2.50. The Hall–Kier alpha value is -0.300. The van der Waals surface area contributed by atoms with Crippen molar-refractivity contribution in [2.75, 3.05) is 52.4 Å². The Balaban J connectivity index is 2.10. The second kappa shape index (κ2) is 9.47. The third-order valence-electron chi connectivity index (χ3n) is 6.50. The quantitative estimate of drug-likeness (QED) is 0.647. The number of amides is 1. The maximum atomic E-state index is 13.3. The van der Waals surface area contributed by atoms with E-state index in [0.717, 1.165) is 65.2 Å². The molecular weight excluding hydrogens is 356 g/mol. The van der Waals surface area contributed by atoms with Crippen LogP contribution in [0.3, 0.4) is 0 Å². The van der Waals surface area contributed by atoms with Gasteiger partial charge in [0, 0.05) is 56.7 Å². The van der Waals surface area contributed by atoms with Gasteiger partial charge in [-0.2, -0.15) is 12.6 Å². The number of rotatable bonds is 7. The summed E-state index contributed by atoms with van der Waals surface area (Å²) in [6.07, 6.45) is 1.85. The number of likely N-dealkylation sites (N-methyl/N-ethyl adjacent to an activating group) is 1. The fourth-order valence-corrected chi connectivity index (χ4v) is 4.94. The number of piperazine rings is 1. The van der Waals surface area contributed by atoms with Crippen molar-refractivity contribution < 1.29 is 4.79 Å². The van der Waals surface area contributed by atoms with Crippen LogP contribution in [0.1, 0.15) is 54.4 Å². The van der Waals surface area contributed by atoms with Gasteiger partial charge in [-0.1, -0.05) is 20.8 Å². The van der Waals surface area contributed by atoms with Crippen molar-refractivity contribution in [1.29, 1.82) is 0 Å². The van der Waals surface area contributed by atoms with Crippen molar-refractivity contribution in [2.24, 2.45) is 11.3 Å². The number of carbonyl (C=O) groups is 1. The number of carbonyl (C=O) groups excluding carboxylic acids is 1. The van der Waals surface area contributed by atoms with Crippen LogP contribution in [0.2, 0.25) is 0 Å². The number of piperidine rings is 1. The lowest BCUT2D eigenvalue weighted by atomic mass is 9.76. The largest absolute Gasteiger partial charge is 0.355 e. The Labute approximate surface area is 172 Å². The summed E-state index contributed by atoms with van der Waals surface area (Å²) in [4.78, 5) is 20.8. The minimum atomic E-state index is -0.265. The zero-order valence-electron chi connectivity index (χ0n) is 18.4. The zero-order chi connectivity index (χ0) is 20.2. The van der Waals surface area contributed by atoms with Gasteiger partial charge in [0.25, 0.3) is 0 Å². The molecule has 1 amide bonds. The van der Waals surface area contributed by atoms with Crippen LogP contribution in [0.25, 0.3) is 0 Å². The second-order valence-corrected chi connectivity index (χ2v) is 10.4. The van der Waals surface area contributed by atoms with Crippen LogP contribution in [-0.2, 0) is 4.79 Å². The molecule has 5 nitrogen and oxygen atoms in total. The Morgan fingerprint density at radius 1 is 1.11 bits per heavy atom. The first kappa shape index (κ1) is 23.0. The van der Waals surface area contributed by atoms with E-state index in [1.54, 1.807) is 0 Å². The van der Waals surface area contributed by atoms with E-state index in [9.17, 15) is 4.79 Å². The molecule has 2 aliphatic rings. The van der Waals surface area contributed by atoms with E-state index in [0.29, 0.717) is 5.92 Å². The standard InChI is InChI=1S/C21H42N4OS/c1-7-25-13-12-23(15-20(25,5)6)16-21(19(26)22-14-17(2)3)8-10-24(11-9-21)18(4)27/h17-18,27H,7-16H2,1-6H3,(H,22,26). The average Bonchev–Trinajstić information content (AvgIpc) is 2.59. The monoisotopic (exact) mass is 398 g/mol. The maximum absolute atomic E-state index is 13.3. The van der Waals surface area contributed by atoms with Crippen LogP contribution < -0.4 is 5.32 Å². The van der Waals surface area contributed by atoms with Crippen molar-refractivity contribution >= 4 is 18.5 Å². The Morgan fingerprint density at radius 2 is 1.74 bits per heavy atom. The normalized spacial score (nSPS) is 25.5. The summed E-state index contributed by atoms with van der Waals surface area (Å²) in [6.45, 7) is 21.2. The maximum Gasteiger partial charge on any atom is 0.227 e. The van der Waals surface area contributed by atoms with Gasteiger partial charge in [0.1, 0.15) is 0 Å². The van der Waals surface area contributed by atoms with Crippen LogP contribution >= 0.6 is 12.6 Å². The SMILES string of the molecule is CCN1CCN(CC2(C(=O)NCC(C)C)CCN(C(C)S)CC2)CC1(C)C. The van der Waals surface area contributed by atoms with E-state index in [-0.39, 0.29) is 22.2 Å². The van der Waals surface area contributed by atoms with Crippen LogP contribution in [0.15, 0.2) is 0 Å². The predicted molar refractivity (Wildman–Crippen MR) is 117 cm³/mol. The van der Waals surface area contributed by atoms with Crippen LogP contribution in [-0.4, -0.2) is 83.9 Å². The average molecular weight is 399 g/mol. The third-order valence-corrected chi connectivity index (χ3v) is 6.82. The number of thiol groups is 1. The Kier molecular flexibility index (Phi) is 8.06. The molecule has 2 saturated heterocycles. The molecule has 2 fully saturated rings. The molecular formula is C21H42N4OS. The smallest absolute Gasteiger partial charge is 0.227 e. The number of hydrogen-bond acceptors (Lipinski definition) is 5. The highest BCUT2D eigenvalue weighted by Crippen LogP contribution is 2.35. The van der Waals surface area contributed by atoms with E-state index in [4.69, 9.17) is 0 Å². The molecule has 27 heavy (non-hydrogen) atoms. The molecule has 0 aromatic carbocycles. The van der Waals surface area contributed by atoms with Gasteiger partial charge in [-0.15, -0.1) is 0 Å². The van der Waals surface area contributed by atoms with Crippen LogP contribution in [0, 0.1) is 11.3 Å². The molecule has 6 heteroatoms. The van der Waals surface area contributed by atoms with E-state index >= 15 is 0 Å². The van der Waals surface area contributed by atoms with Crippen molar-refractivity contribution in [1.82, 2.24) is 20.0 Å². The van der Waals surface area contributed by atoms with Gasteiger partial charge in [0.2, 0.25) is 5.91 Å². The highest BCUT2D eigenvalue weighted by molar-refractivity contribution is 7.80. The summed E-state index contributed by atoms with van der Waals surface area (Å²) >= 11 is 4.60. The molecule has 1 unspecified atom stereocenters. The summed E-state index contributed by atoms with van der Waals surface area (Å²) in [5.41, 5.74) is -0.0958. The fourth-order valence-electron chi connectivity index (χ4n) is 4.71. The van der Waals surface area contributed by atoms with Crippen molar-refractivity contribution in [2.45, 2.75) is 65.3 Å². The number of nitrogens with zero attached hydrogens (tertiary/aromatic N) is 3. The molecule has 2 heterocycles. The van der Waals surface area contributed by atoms with Crippen LogP contribution in [0.4, 0.5) is 0 Å². The lowest BCUT2D eigenvalue weighted by molar-refractivity contribution is -0.137. The van der Waals surface area contributed by atoms with Gasteiger partial charge in [-0.25, -0.2) is 0 Å². The summed E-state index contributed by atoms with van der Waals surface area (Å²) in [5.74, 6) is 0.744. The molecule has 0 bridgehead atoms. The molecule has 0 saturated carbocycles.